The number of hydrogen-bond donors (Lipinski definition) is 1. The van der Waals surface area contributed by atoms with Crippen molar-refractivity contribution in [2.75, 3.05) is 24.5 Å². The molecule has 2 heterocycles. The second kappa shape index (κ2) is 7.27. The summed E-state index contributed by atoms with van der Waals surface area (Å²) >= 11 is 2.06. The van der Waals surface area contributed by atoms with Gasteiger partial charge in [-0.2, -0.15) is 11.8 Å². The van der Waals surface area contributed by atoms with Gasteiger partial charge in [-0.25, -0.2) is 4.98 Å². The fourth-order valence-corrected chi connectivity index (χ4v) is 3.81. The predicted octanol–water partition coefficient (Wildman–Crippen LogP) is 2.55. The van der Waals surface area contributed by atoms with Gasteiger partial charge in [0.05, 0.1) is 11.9 Å². The van der Waals surface area contributed by atoms with Gasteiger partial charge in [-0.05, 0) is 12.5 Å². The first-order valence-electron chi connectivity index (χ1n) is 7.46. The van der Waals surface area contributed by atoms with E-state index in [2.05, 4.69) is 54.7 Å². The summed E-state index contributed by atoms with van der Waals surface area (Å²) < 4.78 is 0. The molecule has 1 N–H and O–H groups in total. The average molecular weight is 294 g/mol. The van der Waals surface area contributed by atoms with Crippen molar-refractivity contribution in [1.82, 2.24) is 15.3 Å². The number of nitrogens with zero attached hydrogens (tertiary/aromatic N) is 3. The van der Waals surface area contributed by atoms with Gasteiger partial charge in [0.2, 0.25) is 0 Å². The molecule has 0 aromatic carbocycles. The Kier molecular flexibility index (Phi) is 5.66. The fourth-order valence-electron chi connectivity index (χ4n) is 2.49. The molecule has 1 fully saturated rings. The van der Waals surface area contributed by atoms with Gasteiger partial charge in [-0.15, -0.1) is 0 Å². The lowest BCUT2D eigenvalue weighted by atomic mass is 10.2. The van der Waals surface area contributed by atoms with Crippen LogP contribution in [0.25, 0.3) is 0 Å². The number of aromatic nitrogens is 2. The summed E-state index contributed by atoms with van der Waals surface area (Å²) in [6, 6.07) is 0. The highest BCUT2D eigenvalue weighted by Gasteiger charge is 2.23. The third-order valence-corrected chi connectivity index (χ3v) is 4.50. The Morgan fingerprint density at radius 1 is 1.30 bits per heavy atom. The Hall–Kier alpha value is -0.810. The minimum absolute atomic E-state index is 0.656. The molecule has 0 spiro atoms. The lowest BCUT2D eigenvalue weighted by Gasteiger charge is -2.35. The number of thioether (sulfide) groups is 1. The van der Waals surface area contributed by atoms with Crippen molar-refractivity contribution < 1.29 is 0 Å². The van der Waals surface area contributed by atoms with Crippen LogP contribution >= 0.6 is 11.8 Å². The van der Waals surface area contributed by atoms with E-state index in [1.54, 1.807) is 0 Å². The first-order valence-corrected chi connectivity index (χ1v) is 8.41. The van der Waals surface area contributed by atoms with Crippen molar-refractivity contribution in [2.24, 2.45) is 5.92 Å². The van der Waals surface area contributed by atoms with E-state index in [1.165, 1.54) is 0 Å². The summed E-state index contributed by atoms with van der Waals surface area (Å²) in [5, 5.41) is 4.74. The second-order valence-electron chi connectivity index (χ2n) is 6.06. The van der Waals surface area contributed by atoms with Gasteiger partial charge >= 0.3 is 0 Å². The van der Waals surface area contributed by atoms with E-state index < -0.39 is 0 Å². The van der Waals surface area contributed by atoms with E-state index in [0.29, 0.717) is 16.4 Å². The van der Waals surface area contributed by atoms with E-state index in [-0.39, 0.29) is 0 Å². The molecule has 20 heavy (non-hydrogen) atoms. The van der Waals surface area contributed by atoms with Crippen LogP contribution in [-0.2, 0) is 6.54 Å². The van der Waals surface area contributed by atoms with Crippen molar-refractivity contribution in [2.45, 2.75) is 44.7 Å². The summed E-state index contributed by atoms with van der Waals surface area (Å²) in [6.07, 6.45) is 3.75. The molecule has 0 bridgehead atoms. The minimum atomic E-state index is 0.656. The first kappa shape index (κ1) is 15.6. The maximum Gasteiger partial charge on any atom is 0.147 e. The van der Waals surface area contributed by atoms with Crippen molar-refractivity contribution in [1.29, 1.82) is 0 Å². The maximum absolute atomic E-state index is 4.75. The Labute approximate surface area is 126 Å². The molecule has 1 saturated heterocycles. The van der Waals surface area contributed by atoms with Crippen LogP contribution in [0.4, 0.5) is 5.82 Å². The van der Waals surface area contributed by atoms with Gasteiger partial charge in [-0.1, -0.05) is 27.7 Å². The maximum atomic E-state index is 4.75. The molecule has 1 aromatic rings. The molecule has 0 saturated carbocycles. The molecule has 2 atom stereocenters. The van der Waals surface area contributed by atoms with Crippen LogP contribution in [0.3, 0.4) is 0 Å². The van der Waals surface area contributed by atoms with Crippen molar-refractivity contribution in [3.63, 3.8) is 0 Å². The molecule has 2 unspecified atom stereocenters. The third-order valence-electron chi connectivity index (χ3n) is 3.27. The van der Waals surface area contributed by atoms with Crippen molar-refractivity contribution in [3.8, 4) is 0 Å². The molecule has 2 rings (SSSR count). The normalized spacial score (nSPS) is 23.4. The molecule has 1 aliphatic heterocycles. The molecule has 0 radical (unpaired) electrons. The highest BCUT2D eigenvalue weighted by Crippen LogP contribution is 2.27. The molecule has 0 amide bonds. The monoisotopic (exact) mass is 294 g/mol. The van der Waals surface area contributed by atoms with Gasteiger partial charge in [0.15, 0.2) is 0 Å². The molecular weight excluding hydrogens is 268 g/mol. The highest BCUT2D eigenvalue weighted by molar-refractivity contribution is 8.00. The van der Waals surface area contributed by atoms with Crippen molar-refractivity contribution >= 4 is 17.6 Å². The summed E-state index contributed by atoms with van der Waals surface area (Å²) in [6.45, 7) is 12.9. The quantitative estimate of drug-likeness (QED) is 0.904. The Balaban J connectivity index is 1.98. The van der Waals surface area contributed by atoms with Crippen LogP contribution in [0.5, 0.6) is 0 Å². The SMILES string of the molecule is CC(C)CNCc1cncc(N2CC(C)SC(C)C2)n1. The third kappa shape index (κ3) is 4.63. The molecule has 1 aliphatic rings. The average Bonchev–Trinajstić information content (AvgIpc) is 2.37. The smallest absolute Gasteiger partial charge is 0.147 e. The van der Waals surface area contributed by atoms with Crippen LogP contribution in [-0.4, -0.2) is 40.1 Å². The van der Waals surface area contributed by atoms with Gasteiger partial charge < -0.3 is 10.2 Å². The van der Waals surface area contributed by atoms with Gasteiger partial charge in [0.25, 0.3) is 0 Å². The van der Waals surface area contributed by atoms with Crippen molar-refractivity contribution in [3.05, 3.63) is 18.1 Å². The topological polar surface area (TPSA) is 41.1 Å². The Morgan fingerprint density at radius 3 is 2.65 bits per heavy atom. The number of rotatable bonds is 5. The summed E-state index contributed by atoms with van der Waals surface area (Å²) in [5.41, 5.74) is 1.03. The first-order chi connectivity index (χ1) is 9.54. The largest absolute Gasteiger partial charge is 0.353 e. The highest BCUT2D eigenvalue weighted by atomic mass is 32.2. The zero-order valence-corrected chi connectivity index (χ0v) is 13.8. The van der Waals surface area contributed by atoms with E-state index in [4.69, 9.17) is 4.98 Å². The summed E-state index contributed by atoms with van der Waals surface area (Å²) in [7, 11) is 0. The van der Waals surface area contributed by atoms with Gasteiger partial charge in [-0.3, -0.25) is 4.98 Å². The Bertz CT molecular complexity index is 414. The van der Waals surface area contributed by atoms with Crippen LogP contribution < -0.4 is 10.2 Å². The molecule has 112 valence electrons. The van der Waals surface area contributed by atoms with Crippen LogP contribution in [0, 0.1) is 5.92 Å². The number of hydrogen-bond acceptors (Lipinski definition) is 5. The standard InChI is InChI=1S/C15H26N4S/c1-11(2)5-16-6-14-7-17-8-15(18-14)19-9-12(3)20-13(4)10-19/h7-8,11-13,16H,5-6,9-10H2,1-4H3. The molecule has 0 aliphatic carbocycles. The van der Waals surface area contributed by atoms with Gasteiger partial charge in [0, 0.05) is 36.3 Å². The zero-order chi connectivity index (χ0) is 14.5. The van der Waals surface area contributed by atoms with E-state index in [1.807, 2.05) is 12.4 Å². The number of nitrogens with one attached hydrogen (secondary N) is 1. The van der Waals surface area contributed by atoms with Gasteiger partial charge in [0.1, 0.15) is 5.82 Å². The van der Waals surface area contributed by atoms with Crippen LogP contribution in [0.2, 0.25) is 0 Å². The van der Waals surface area contributed by atoms with E-state index in [0.717, 1.165) is 37.7 Å². The number of anilines is 1. The minimum Gasteiger partial charge on any atom is -0.353 e. The second-order valence-corrected chi connectivity index (χ2v) is 7.94. The summed E-state index contributed by atoms with van der Waals surface area (Å²) in [5.74, 6) is 1.68. The van der Waals surface area contributed by atoms with Crippen LogP contribution in [0.15, 0.2) is 12.4 Å². The molecular formula is C15H26N4S. The van der Waals surface area contributed by atoms with E-state index >= 15 is 0 Å². The lowest BCUT2D eigenvalue weighted by Crippen LogP contribution is -2.41. The van der Waals surface area contributed by atoms with Crippen LogP contribution in [0.1, 0.15) is 33.4 Å². The fraction of sp³-hybridized carbons (Fsp3) is 0.733. The molecule has 1 aromatic heterocycles. The van der Waals surface area contributed by atoms with E-state index in [9.17, 15) is 0 Å². The zero-order valence-electron chi connectivity index (χ0n) is 13.0. The summed E-state index contributed by atoms with van der Waals surface area (Å²) in [4.78, 5) is 11.5. The molecule has 5 heteroatoms. The molecule has 4 nitrogen and oxygen atoms in total. The Morgan fingerprint density at radius 2 is 2.00 bits per heavy atom. The predicted molar refractivity (Wildman–Crippen MR) is 87.3 cm³/mol. The lowest BCUT2D eigenvalue weighted by molar-refractivity contribution is 0.547.